The van der Waals surface area contributed by atoms with E-state index < -0.39 is 18.1 Å². The Morgan fingerprint density at radius 3 is 1.24 bits per heavy atom. The van der Waals surface area contributed by atoms with Crippen LogP contribution in [0.5, 0.6) is 11.5 Å². The Bertz CT molecular complexity index is 6020. The number of ether oxygens (including phenoxy) is 2. The number of anilines is 8. The van der Waals surface area contributed by atoms with Crippen LogP contribution in [0.2, 0.25) is 5.02 Å². The number of aromatic nitrogens is 8. The van der Waals surface area contributed by atoms with Crippen molar-refractivity contribution in [1.82, 2.24) is 63.1 Å². The van der Waals surface area contributed by atoms with Crippen molar-refractivity contribution >= 4 is 162 Å². The van der Waals surface area contributed by atoms with Crippen LogP contribution in [0.4, 0.5) is 75.9 Å². The number of halogens is 5. The van der Waals surface area contributed by atoms with E-state index in [4.69, 9.17) is 84.8 Å². The maximum atomic E-state index is 12.4. The summed E-state index contributed by atoms with van der Waals surface area (Å²) >= 11 is 5.61. The topological polar surface area (TPSA) is 514 Å². The number of nitrogens with two attached hydrogens (primary N) is 2. The van der Waals surface area contributed by atoms with E-state index in [1.807, 2.05) is 128 Å². The van der Waals surface area contributed by atoms with E-state index in [9.17, 15) is 42.6 Å². The van der Waals surface area contributed by atoms with Gasteiger partial charge in [-0.25, -0.2) is 15.0 Å². The zero-order chi connectivity index (χ0) is 101. The van der Waals surface area contributed by atoms with Crippen molar-refractivity contribution in [3.8, 4) is 11.5 Å². The number of fused-ring (bicyclic) bond motifs is 5. The van der Waals surface area contributed by atoms with Gasteiger partial charge >= 0.3 is 56.0 Å². The first-order chi connectivity index (χ1) is 64.3. The number of oxazole rings is 2. The quantitative estimate of drug-likeness (QED) is 0.00749. The molecule has 5 heterocycles. The van der Waals surface area contributed by atoms with Gasteiger partial charge < -0.3 is 78.6 Å². The number of nitro groups is 2. The number of carbonyl (C=O) groups is 1. The zero-order valence-corrected chi connectivity index (χ0v) is 77.8. The number of alkyl halides is 4. The molecule has 135 heavy (non-hydrogen) atoms. The second-order valence-corrected chi connectivity index (χ2v) is 29.9. The van der Waals surface area contributed by atoms with Gasteiger partial charge in [-0.1, -0.05) is 75.7 Å². The first-order valence-electron chi connectivity index (χ1n) is 41.0. The lowest BCUT2D eigenvalue weighted by Crippen LogP contribution is -2.21. The molecule has 0 fully saturated rings. The number of benzene rings is 8. The molecule has 0 bridgehead atoms. The molecule has 0 aliphatic heterocycles. The second kappa shape index (κ2) is 60.6. The summed E-state index contributed by atoms with van der Waals surface area (Å²) in [6.45, 7) is 12.2. The molecule has 0 aliphatic rings. The van der Waals surface area contributed by atoms with Crippen LogP contribution < -0.4 is 42.2 Å². The molecule has 45 heteroatoms. The Balaban J connectivity index is 0.000000414. The minimum Gasteiger partial charge on any atom is -0.435 e. The molecule has 8 aromatic carbocycles. The molecule has 0 unspecified atom stereocenters. The molecule has 0 spiro atoms. The van der Waals surface area contributed by atoms with Crippen LogP contribution in [0.15, 0.2) is 160 Å². The third-order valence-electron chi connectivity index (χ3n) is 18.5. The van der Waals surface area contributed by atoms with Crippen molar-refractivity contribution in [3.63, 3.8) is 0 Å². The Labute approximate surface area is 778 Å². The average Bonchev–Trinajstić information content (AvgIpc) is 1.64. The number of aryl methyl sites for hydroxylation is 4. The van der Waals surface area contributed by atoms with Gasteiger partial charge in [0.2, 0.25) is 17.8 Å². The molecule has 0 atom stereocenters. The second-order valence-electron chi connectivity index (χ2n) is 29.4. The molecule has 0 saturated carbocycles. The molecular weight excluding hydrogens is 1790 g/mol. The highest BCUT2D eigenvalue weighted by atomic mass is 35.5. The number of ketones is 1. The summed E-state index contributed by atoms with van der Waals surface area (Å²) in [6, 6.07) is 45.2. The Hall–Kier alpha value is -15.3. The third kappa shape index (κ3) is 39.7. The number of para-hydroxylation sites is 2. The summed E-state index contributed by atoms with van der Waals surface area (Å²) in [5.74, 6) is 1.77. The standard InChI is InChI=1S/C21H23F2N5O2.C19H19F2N5O2.C13H18N4O.C12H19N3O2.C12H21N3.C8H8ClNO2.5CO2/c1-4-13-5-8-17-16(11-13)24-20(28(17)10-9-27(2)3)26-21-25-15-7-6-14(29-19(22)23)12-18(15)30-21;1-25(2)9-10-26-15-6-4-3-5-13(15)22-18(26)24-19-23-14-8-7-12(27-17(20)21)11-16(14)28-19;1-9(18)10-4-5-12-11(8-10)15-13(14)17(12)7-6-16(2)3;1-4-10-5-6-11(12(9-10)15(16)17)13-7-8-14(2)3;1-4-10-5-6-12(11(13)9-10)14-7-8-15(2)3;1-2-6-3-4-7(9)8(5-6)10(11)12;5*2-1-3/h5-8,11-12,19H,4,9-10H2,1-3H3,(H,24,25,26);3-8,11,17H,9-10H2,1-2H3,(H,22,23,24);4-5,8H,6-7H2,1-3H3,(H2,14,15);5-6,9,13H,4,7-8H2,1-3H3;5-6,9,14H,4,7-8,13H2,1-3H3;3-5H,2H2,1H3;;;;;. The smallest absolute Gasteiger partial charge is 0.387 e. The number of likely N-dealkylation sites (N-methyl/N-ethyl adjacent to an activating group) is 5. The summed E-state index contributed by atoms with van der Waals surface area (Å²) in [5, 5.41) is 34.2. The molecular formula is C90H108ClF4N21O19. The number of rotatable bonds is 32. The summed E-state index contributed by atoms with van der Waals surface area (Å²) < 4.78 is 76.0. The number of nitro benzene ring substituents is 2. The monoisotopic (exact) mass is 1900 g/mol. The van der Waals surface area contributed by atoms with Crippen molar-refractivity contribution in [2.24, 2.45) is 0 Å². The number of Topliss-reactive ketones (excluding diaryl/α,β-unsaturated/α-hetero) is 1. The minimum atomic E-state index is -2.90. The molecule has 0 saturated heterocycles. The summed E-state index contributed by atoms with van der Waals surface area (Å²) in [4.78, 5) is 146. The van der Waals surface area contributed by atoms with Crippen molar-refractivity contribution in [2.75, 3.05) is 149 Å². The van der Waals surface area contributed by atoms with Gasteiger partial charge in [-0.05, 0) is 216 Å². The average molecular weight is 1900 g/mol. The van der Waals surface area contributed by atoms with E-state index in [1.165, 1.54) is 41.5 Å². The molecule has 0 amide bonds. The van der Waals surface area contributed by atoms with Gasteiger partial charge in [0, 0.05) is 95.3 Å². The van der Waals surface area contributed by atoms with Crippen molar-refractivity contribution in [1.29, 1.82) is 0 Å². The lowest BCUT2D eigenvalue weighted by atomic mass is 10.1. The Morgan fingerprint density at radius 2 is 0.815 bits per heavy atom. The number of nitrogens with zero attached hydrogens (tertiary/aromatic N) is 15. The van der Waals surface area contributed by atoms with Gasteiger partial charge in [0.1, 0.15) is 33.2 Å². The van der Waals surface area contributed by atoms with Crippen molar-refractivity contribution in [2.45, 2.75) is 93.2 Å². The van der Waals surface area contributed by atoms with Crippen LogP contribution in [0.1, 0.15) is 67.2 Å². The van der Waals surface area contributed by atoms with E-state index in [0.717, 1.165) is 140 Å². The summed E-state index contributed by atoms with van der Waals surface area (Å²) in [6.07, 6.45) is 4.79. The predicted octanol–water partition coefficient (Wildman–Crippen LogP) is 13.9. The molecule has 0 aliphatic carbocycles. The van der Waals surface area contributed by atoms with Crippen LogP contribution in [0.25, 0.3) is 55.3 Å². The van der Waals surface area contributed by atoms with E-state index >= 15 is 0 Å². The Morgan fingerprint density at radius 1 is 0.444 bits per heavy atom. The number of imidazole rings is 3. The van der Waals surface area contributed by atoms with Crippen LogP contribution in [0, 0.1) is 20.2 Å². The molecule has 8 N–H and O–H groups in total. The fourth-order valence-corrected chi connectivity index (χ4v) is 12.1. The number of nitrogens with one attached hydrogen (secondary N) is 4. The number of hydrogen-bond acceptors (Lipinski definition) is 35. The fraction of sp³-hybridized carbons (Fsp3) is 0.344. The van der Waals surface area contributed by atoms with Gasteiger partial charge in [-0.2, -0.15) is 75.5 Å². The maximum absolute atomic E-state index is 12.4. The number of nitrogen functional groups attached to an aromatic ring is 2. The Kier molecular flexibility index (Phi) is 51.1. The van der Waals surface area contributed by atoms with E-state index in [1.54, 1.807) is 49.4 Å². The molecule has 13 rings (SSSR count). The normalized spacial score (nSPS) is 10.3. The molecule has 0 radical (unpaired) electrons. The van der Waals surface area contributed by atoms with E-state index in [2.05, 4.69) is 138 Å². The van der Waals surface area contributed by atoms with Crippen molar-refractivity contribution < 1.29 is 98.5 Å². The maximum Gasteiger partial charge on any atom is 0.387 e. The van der Waals surface area contributed by atoms with Gasteiger partial charge in [0.05, 0.1) is 54.3 Å². The van der Waals surface area contributed by atoms with Gasteiger partial charge in [0.15, 0.2) is 16.9 Å². The lowest BCUT2D eigenvalue weighted by Gasteiger charge is -2.13. The SMILES string of the molecule is CC(=O)c1ccc2c(c1)nc(N)n2CCN(C)C.CCc1ccc(Cl)c([N+](=O)[O-])c1.CCc1ccc(NCCN(C)C)c(N)c1.CCc1ccc(NCCN(C)C)c([N+](=O)[O-])c1.CCc1ccc2c(c1)nc(Nc1nc3ccc(OC(F)F)cc3o1)n2CCN(C)C.CN(C)CCn1c(Nc2nc3ccc(OC(F)F)cc3o2)nc2ccccc21.O=C=O.O=C=O.O=C=O.O=C=O.O=C=O. The highest BCUT2D eigenvalue weighted by Crippen LogP contribution is 2.33. The first-order valence-corrected chi connectivity index (χ1v) is 41.4. The summed E-state index contributed by atoms with van der Waals surface area (Å²) in [7, 11) is 20.1. The van der Waals surface area contributed by atoms with Gasteiger partial charge in [0.25, 0.3) is 11.4 Å². The van der Waals surface area contributed by atoms with Crippen molar-refractivity contribution in [3.05, 3.63) is 205 Å². The molecule has 722 valence electrons. The summed E-state index contributed by atoms with van der Waals surface area (Å²) in [5.41, 5.74) is 26.8. The lowest BCUT2D eigenvalue weighted by molar-refractivity contribution is -0.384. The molecule has 40 nitrogen and oxygen atoms in total. The minimum absolute atomic E-state index is 0.0171. The first kappa shape index (κ1) is 114. The van der Waals surface area contributed by atoms with Crippen LogP contribution >= 0.6 is 11.6 Å². The highest BCUT2D eigenvalue weighted by molar-refractivity contribution is 6.32. The highest BCUT2D eigenvalue weighted by Gasteiger charge is 2.21. The zero-order valence-electron chi connectivity index (χ0n) is 77.0. The van der Waals surface area contributed by atoms with Gasteiger partial charge in [-0.3, -0.25) is 35.7 Å². The molecule has 13 aromatic rings. The number of carbonyl (C=O) groups excluding carboxylic acids is 11. The fourth-order valence-electron chi connectivity index (χ4n) is 11.9. The predicted molar refractivity (Wildman–Crippen MR) is 496 cm³/mol. The third-order valence-corrected chi connectivity index (χ3v) is 18.9. The van der Waals surface area contributed by atoms with Crippen LogP contribution in [-0.2, 0) is 93.3 Å². The van der Waals surface area contributed by atoms with Gasteiger partial charge in [-0.15, -0.1) is 0 Å². The van der Waals surface area contributed by atoms with Crippen LogP contribution in [-0.4, -0.2) is 239 Å². The van der Waals surface area contributed by atoms with E-state index in [0.29, 0.717) is 57.8 Å². The van der Waals surface area contributed by atoms with Crippen LogP contribution in [0.3, 0.4) is 0 Å². The van der Waals surface area contributed by atoms with E-state index in [-0.39, 0.29) is 81.4 Å². The molecule has 5 aromatic heterocycles. The largest absolute Gasteiger partial charge is 0.435 e. The number of hydrogen-bond donors (Lipinski definition) is 6.